The molecule has 0 spiro atoms. The lowest BCUT2D eigenvalue weighted by Gasteiger charge is -2.40. The van der Waals surface area contributed by atoms with Crippen molar-refractivity contribution >= 4 is 28.7 Å². The van der Waals surface area contributed by atoms with E-state index < -0.39 is 5.82 Å². The van der Waals surface area contributed by atoms with Gasteiger partial charge in [0.15, 0.2) is 5.82 Å². The molecule has 6 heteroatoms. The number of rotatable bonds is 4. The topological polar surface area (TPSA) is 73.3 Å². The molecule has 21 heavy (non-hydrogen) atoms. The predicted molar refractivity (Wildman–Crippen MR) is 86.1 cm³/mol. The van der Waals surface area contributed by atoms with Gasteiger partial charge in [0.2, 0.25) is 0 Å². The molecule has 0 radical (unpaired) electrons. The lowest BCUT2D eigenvalue weighted by atomic mass is 9.86. The molecule has 1 heterocycles. The van der Waals surface area contributed by atoms with E-state index in [-0.39, 0.29) is 33.7 Å². The van der Waals surface area contributed by atoms with Crippen LogP contribution in [0.4, 0.5) is 21.5 Å². The Kier molecular flexibility index (Phi) is 4.84. The minimum Gasteiger partial charge on any atom is -0.397 e. The molecule has 1 aliphatic heterocycles. The third-order valence-electron chi connectivity index (χ3n) is 4.40. The number of halogens is 2. The largest absolute Gasteiger partial charge is 0.397 e. The predicted octanol–water partition coefficient (Wildman–Crippen LogP) is 3.79. The Labute approximate surface area is 130 Å². The molecule has 118 valence electrons. The van der Waals surface area contributed by atoms with Gasteiger partial charge in [-0.2, -0.15) is 0 Å². The van der Waals surface area contributed by atoms with Gasteiger partial charge in [-0.3, -0.25) is 0 Å². The summed E-state index contributed by atoms with van der Waals surface area (Å²) in [5, 5.41) is 3.10. The lowest BCUT2D eigenvalue weighted by molar-refractivity contribution is -0.0864. The number of nitrogen functional groups attached to an aromatic ring is 2. The Bertz CT molecular complexity index is 520. The first-order valence-corrected chi connectivity index (χ1v) is 7.73. The van der Waals surface area contributed by atoms with Crippen LogP contribution in [-0.4, -0.2) is 18.2 Å². The molecule has 0 saturated carbocycles. The summed E-state index contributed by atoms with van der Waals surface area (Å²) in [7, 11) is 0. The number of hydrogen-bond donors (Lipinski definition) is 3. The van der Waals surface area contributed by atoms with E-state index in [2.05, 4.69) is 19.2 Å². The zero-order valence-electron chi connectivity index (χ0n) is 12.5. The lowest BCUT2D eigenvalue weighted by Crippen LogP contribution is -2.43. The van der Waals surface area contributed by atoms with Crippen molar-refractivity contribution in [2.24, 2.45) is 0 Å². The van der Waals surface area contributed by atoms with Crippen molar-refractivity contribution in [1.82, 2.24) is 0 Å². The first kappa shape index (κ1) is 16.2. The average molecular weight is 316 g/mol. The molecule has 1 aromatic rings. The van der Waals surface area contributed by atoms with E-state index in [0.717, 1.165) is 25.7 Å². The molecule has 2 rings (SSSR count). The van der Waals surface area contributed by atoms with E-state index in [0.29, 0.717) is 6.61 Å². The second kappa shape index (κ2) is 6.28. The summed E-state index contributed by atoms with van der Waals surface area (Å²) in [6.07, 6.45) is 3.49. The van der Waals surface area contributed by atoms with Crippen molar-refractivity contribution in [3.63, 3.8) is 0 Å². The van der Waals surface area contributed by atoms with Crippen LogP contribution in [0.15, 0.2) is 6.07 Å². The molecule has 0 aromatic heterocycles. The first-order valence-electron chi connectivity index (χ1n) is 7.36. The van der Waals surface area contributed by atoms with Gasteiger partial charge in [0.1, 0.15) is 5.02 Å². The molecular formula is C15H23ClFN3O. The van der Waals surface area contributed by atoms with Crippen molar-refractivity contribution in [2.45, 2.75) is 51.2 Å². The van der Waals surface area contributed by atoms with E-state index >= 15 is 0 Å². The maximum absolute atomic E-state index is 14.2. The Morgan fingerprint density at radius 3 is 2.67 bits per heavy atom. The van der Waals surface area contributed by atoms with Crippen LogP contribution in [0.1, 0.15) is 39.5 Å². The minimum absolute atomic E-state index is 0.0870. The number of ether oxygens (including phenoxy) is 1. The van der Waals surface area contributed by atoms with Gasteiger partial charge in [-0.15, -0.1) is 0 Å². The van der Waals surface area contributed by atoms with Crippen molar-refractivity contribution in [2.75, 3.05) is 23.4 Å². The van der Waals surface area contributed by atoms with E-state index in [4.69, 9.17) is 27.8 Å². The second-order valence-electron chi connectivity index (χ2n) is 5.63. The minimum atomic E-state index is -0.584. The van der Waals surface area contributed by atoms with Crippen LogP contribution in [0.2, 0.25) is 5.02 Å². The molecule has 1 atom stereocenters. The number of nitrogens with two attached hydrogens (primary N) is 2. The van der Waals surface area contributed by atoms with Crippen LogP contribution >= 0.6 is 11.6 Å². The third-order valence-corrected chi connectivity index (χ3v) is 4.78. The Morgan fingerprint density at radius 1 is 1.38 bits per heavy atom. The SMILES string of the molecule is CCC1(CC)CC(Nc2c(N)cc(N)c(Cl)c2F)CCO1. The third kappa shape index (κ3) is 3.19. The molecule has 1 unspecified atom stereocenters. The van der Waals surface area contributed by atoms with Gasteiger partial charge in [0.25, 0.3) is 0 Å². The summed E-state index contributed by atoms with van der Waals surface area (Å²) in [5.74, 6) is -0.584. The van der Waals surface area contributed by atoms with Crippen LogP contribution in [0.5, 0.6) is 0 Å². The fourth-order valence-electron chi connectivity index (χ4n) is 2.91. The normalized spacial score (nSPS) is 21.2. The van der Waals surface area contributed by atoms with Crippen molar-refractivity contribution in [3.05, 3.63) is 16.9 Å². The number of anilines is 3. The van der Waals surface area contributed by atoms with Crippen molar-refractivity contribution in [3.8, 4) is 0 Å². The highest BCUT2D eigenvalue weighted by molar-refractivity contribution is 6.33. The van der Waals surface area contributed by atoms with Crippen LogP contribution in [0.25, 0.3) is 0 Å². The molecule has 1 aliphatic rings. The second-order valence-corrected chi connectivity index (χ2v) is 6.01. The van der Waals surface area contributed by atoms with Gasteiger partial charge in [0.05, 0.1) is 22.7 Å². The van der Waals surface area contributed by atoms with E-state index in [1.54, 1.807) is 0 Å². The summed E-state index contributed by atoms with van der Waals surface area (Å²) in [5.41, 5.74) is 12.0. The van der Waals surface area contributed by atoms with E-state index in [1.165, 1.54) is 6.07 Å². The molecule has 0 aliphatic carbocycles. The Morgan fingerprint density at radius 2 is 2.05 bits per heavy atom. The zero-order valence-corrected chi connectivity index (χ0v) is 13.3. The van der Waals surface area contributed by atoms with Crippen LogP contribution in [-0.2, 0) is 4.74 Å². The van der Waals surface area contributed by atoms with E-state index in [1.807, 2.05) is 0 Å². The average Bonchev–Trinajstić information content (AvgIpc) is 2.49. The standard InChI is InChI=1S/C15H23ClFN3O/c1-3-15(4-2)8-9(5-6-21-15)20-14-11(19)7-10(18)12(16)13(14)17/h7,9,20H,3-6,8,18-19H2,1-2H3. The highest BCUT2D eigenvalue weighted by atomic mass is 35.5. The summed E-state index contributed by atoms with van der Waals surface area (Å²) >= 11 is 5.86. The molecule has 1 aromatic carbocycles. The van der Waals surface area contributed by atoms with Crippen LogP contribution in [0.3, 0.4) is 0 Å². The smallest absolute Gasteiger partial charge is 0.169 e. The molecule has 1 fully saturated rings. The summed E-state index contributed by atoms with van der Waals surface area (Å²) in [4.78, 5) is 0. The van der Waals surface area contributed by atoms with Gasteiger partial charge in [-0.05, 0) is 31.7 Å². The number of benzene rings is 1. The van der Waals surface area contributed by atoms with Crippen LogP contribution in [0, 0.1) is 5.82 Å². The molecule has 1 saturated heterocycles. The first-order chi connectivity index (χ1) is 9.92. The van der Waals surface area contributed by atoms with Crippen molar-refractivity contribution < 1.29 is 9.13 Å². The summed E-state index contributed by atoms with van der Waals surface area (Å²) in [6, 6.07) is 1.59. The Balaban J connectivity index is 2.21. The van der Waals surface area contributed by atoms with Gasteiger partial charge in [-0.1, -0.05) is 25.4 Å². The molecular weight excluding hydrogens is 293 g/mol. The van der Waals surface area contributed by atoms with Crippen LogP contribution < -0.4 is 16.8 Å². The maximum Gasteiger partial charge on any atom is 0.169 e. The number of hydrogen-bond acceptors (Lipinski definition) is 4. The monoisotopic (exact) mass is 315 g/mol. The zero-order chi connectivity index (χ0) is 15.6. The highest BCUT2D eigenvalue weighted by Gasteiger charge is 2.35. The van der Waals surface area contributed by atoms with Gasteiger partial charge < -0.3 is 21.5 Å². The van der Waals surface area contributed by atoms with Gasteiger partial charge >= 0.3 is 0 Å². The molecule has 5 N–H and O–H groups in total. The van der Waals surface area contributed by atoms with Gasteiger partial charge in [0, 0.05) is 12.6 Å². The fraction of sp³-hybridized carbons (Fsp3) is 0.600. The Hall–Kier alpha value is -1.20. The van der Waals surface area contributed by atoms with Gasteiger partial charge in [-0.25, -0.2) is 4.39 Å². The van der Waals surface area contributed by atoms with Crippen molar-refractivity contribution in [1.29, 1.82) is 0 Å². The maximum atomic E-state index is 14.2. The fourth-order valence-corrected chi connectivity index (χ4v) is 3.06. The summed E-state index contributed by atoms with van der Waals surface area (Å²) < 4.78 is 20.2. The quantitative estimate of drug-likeness (QED) is 0.739. The molecule has 4 nitrogen and oxygen atoms in total. The molecule has 0 amide bonds. The number of nitrogens with one attached hydrogen (secondary N) is 1. The van der Waals surface area contributed by atoms with E-state index in [9.17, 15) is 4.39 Å². The highest BCUT2D eigenvalue weighted by Crippen LogP contribution is 2.37. The molecule has 0 bridgehead atoms. The summed E-state index contributed by atoms with van der Waals surface area (Å²) in [6.45, 7) is 4.88.